The van der Waals surface area contributed by atoms with Crippen molar-refractivity contribution in [3.8, 4) is 11.5 Å². The fourth-order valence-corrected chi connectivity index (χ4v) is 2.09. The minimum atomic E-state index is -0.444. The first-order valence-corrected chi connectivity index (χ1v) is 5.38. The molecule has 1 aliphatic heterocycles. The maximum absolute atomic E-state index is 11.0. The highest BCUT2D eigenvalue weighted by atomic mass is 35.5. The van der Waals surface area contributed by atoms with Crippen LogP contribution in [0.1, 0.15) is 11.6 Å². The second-order valence-electron chi connectivity index (χ2n) is 3.50. The molecule has 17 heavy (non-hydrogen) atoms. The molecule has 0 saturated carbocycles. The Kier molecular flexibility index (Phi) is 3.28. The number of hydrogen-bond donors (Lipinski definition) is 1. The molecule has 1 aliphatic rings. The van der Waals surface area contributed by atoms with E-state index in [1.54, 1.807) is 12.1 Å². The van der Waals surface area contributed by atoms with Crippen molar-refractivity contribution >= 4 is 17.7 Å². The molecule has 0 aliphatic carbocycles. The zero-order valence-electron chi connectivity index (χ0n) is 9.45. The van der Waals surface area contributed by atoms with Crippen LogP contribution in [0.4, 0.5) is 4.79 Å². The van der Waals surface area contributed by atoms with E-state index in [2.05, 4.69) is 5.32 Å². The topological polar surface area (TPSA) is 56.8 Å². The molecule has 0 bridgehead atoms. The summed E-state index contributed by atoms with van der Waals surface area (Å²) in [6, 6.07) is 3.27. The van der Waals surface area contributed by atoms with Gasteiger partial charge in [-0.25, -0.2) is 4.79 Å². The van der Waals surface area contributed by atoms with Crippen LogP contribution in [0.2, 0.25) is 5.02 Å². The predicted molar refractivity (Wildman–Crippen MR) is 61.8 cm³/mol. The molecule has 2 rings (SSSR count). The lowest BCUT2D eigenvalue weighted by Gasteiger charge is -2.15. The van der Waals surface area contributed by atoms with Gasteiger partial charge in [0.15, 0.2) is 11.5 Å². The van der Waals surface area contributed by atoms with Crippen LogP contribution >= 0.6 is 11.6 Å². The maximum atomic E-state index is 11.0. The van der Waals surface area contributed by atoms with Gasteiger partial charge in [-0.3, -0.25) is 0 Å². The molecule has 1 N–H and O–H groups in total. The molecular formula is C11H12ClNO4. The summed E-state index contributed by atoms with van der Waals surface area (Å²) >= 11 is 6.21. The molecule has 1 saturated heterocycles. The van der Waals surface area contributed by atoms with E-state index < -0.39 is 6.09 Å². The normalized spacial score (nSPS) is 18.5. The molecule has 0 spiro atoms. The quantitative estimate of drug-likeness (QED) is 0.901. The summed E-state index contributed by atoms with van der Waals surface area (Å²) in [6.07, 6.45) is -0.444. The number of hydrogen-bond acceptors (Lipinski definition) is 4. The molecule has 0 radical (unpaired) electrons. The van der Waals surface area contributed by atoms with Gasteiger partial charge in [-0.15, -0.1) is 0 Å². The Morgan fingerprint density at radius 3 is 2.71 bits per heavy atom. The number of carbonyl (C=O) groups is 1. The summed E-state index contributed by atoms with van der Waals surface area (Å²) in [4.78, 5) is 11.0. The van der Waals surface area contributed by atoms with Crippen LogP contribution in [0.3, 0.4) is 0 Å². The van der Waals surface area contributed by atoms with Crippen LogP contribution in [-0.2, 0) is 4.74 Å². The van der Waals surface area contributed by atoms with Crippen LogP contribution in [0, 0.1) is 0 Å². The molecule has 1 aromatic rings. The third-order valence-electron chi connectivity index (χ3n) is 2.56. The molecule has 0 aromatic heterocycles. The van der Waals surface area contributed by atoms with Crippen molar-refractivity contribution in [2.45, 2.75) is 6.04 Å². The van der Waals surface area contributed by atoms with E-state index in [-0.39, 0.29) is 12.6 Å². The van der Waals surface area contributed by atoms with E-state index in [9.17, 15) is 4.79 Å². The lowest BCUT2D eigenvalue weighted by atomic mass is 10.1. The summed E-state index contributed by atoms with van der Waals surface area (Å²) < 4.78 is 15.1. The van der Waals surface area contributed by atoms with Gasteiger partial charge >= 0.3 is 6.09 Å². The van der Waals surface area contributed by atoms with Crippen molar-refractivity contribution in [2.24, 2.45) is 0 Å². The monoisotopic (exact) mass is 257 g/mol. The molecule has 1 heterocycles. The Bertz CT molecular complexity index is 449. The molecule has 1 amide bonds. The number of ether oxygens (including phenoxy) is 3. The van der Waals surface area contributed by atoms with Crippen LogP contribution < -0.4 is 14.8 Å². The number of carbonyl (C=O) groups excluding carboxylic acids is 1. The van der Waals surface area contributed by atoms with E-state index in [4.69, 9.17) is 25.8 Å². The third kappa shape index (κ3) is 2.10. The standard InChI is InChI=1S/C11H12ClNO4/c1-15-8-4-3-6(9(12)10(8)16-2)7-5-17-11(14)13-7/h3-4,7H,5H2,1-2H3,(H,13,14)/t7-/m1/s1. The fourth-order valence-electron chi connectivity index (χ4n) is 1.73. The zero-order chi connectivity index (χ0) is 12.4. The Morgan fingerprint density at radius 2 is 2.18 bits per heavy atom. The second kappa shape index (κ2) is 4.71. The van der Waals surface area contributed by atoms with E-state index in [0.29, 0.717) is 16.5 Å². The fraction of sp³-hybridized carbons (Fsp3) is 0.364. The number of amides is 1. The van der Waals surface area contributed by atoms with Gasteiger partial charge in [0, 0.05) is 5.56 Å². The number of benzene rings is 1. The molecule has 0 unspecified atom stereocenters. The zero-order valence-corrected chi connectivity index (χ0v) is 10.2. The predicted octanol–water partition coefficient (Wildman–Crippen LogP) is 2.14. The average Bonchev–Trinajstić information content (AvgIpc) is 2.75. The van der Waals surface area contributed by atoms with Gasteiger partial charge in [-0.05, 0) is 6.07 Å². The van der Waals surface area contributed by atoms with Crippen LogP contribution in [0.5, 0.6) is 11.5 Å². The number of methoxy groups -OCH3 is 2. The second-order valence-corrected chi connectivity index (χ2v) is 3.88. The summed E-state index contributed by atoms with van der Waals surface area (Å²) in [6.45, 7) is 0.258. The highest BCUT2D eigenvalue weighted by Crippen LogP contribution is 2.40. The van der Waals surface area contributed by atoms with Crippen molar-refractivity contribution in [3.63, 3.8) is 0 Å². The number of nitrogens with one attached hydrogen (secondary N) is 1. The number of cyclic esters (lactones) is 1. The van der Waals surface area contributed by atoms with Crippen molar-refractivity contribution in [1.82, 2.24) is 5.32 Å². The first-order valence-electron chi connectivity index (χ1n) is 5.01. The SMILES string of the molecule is COc1ccc([C@H]2COC(=O)N2)c(Cl)c1OC. The van der Waals surface area contributed by atoms with Crippen molar-refractivity contribution in [3.05, 3.63) is 22.7 Å². The third-order valence-corrected chi connectivity index (χ3v) is 2.95. The molecule has 1 aromatic carbocycles. The van der Waals surface area contributed by atoms with Gasteiger partial charge < -0.3 is 19.5 Å². The Labute approximate surface area is 104 Å². The molecule has 1 atom stereocenters. The van der Waals surface area contributed by atoms with E-state index >= 15 is 0 Å². The van der Waals surface area contributed by atoms with Crippen molar-refractivity contribution < 1.29 is 19.0 Å². The van der Waals surface area contributed by atoms with Gasteiger partial charge in [-0.2, -0.15) is 0 Å². The maximum Gasteiger partial charge on any atom is 0.407 e. The number of rotatable bonds is 3. The number of alkyl carbamates (subject to hydrolysis) is 1. The molecule has 5 nitrogen and oxygen atoms in total. The van der Waals surface area contributed by atoms with E-state index in [1.807, 2.05) is 0 Å². The first kappa shape index (κ1) is 11.9. The van der Waals surface area contributed by atoms with Crippen molar-refractivity contribution in [1.29, 1.82) is 0 Å². The molecule has 6 heteroatoms. The minimum Gasteiger partial charge on any atom is -0.493 e. The summed E-state index contributed by atoms with van der Waals surface area (Å²) in [7, 11) is 3.05. The van der Waals surface area contributed by atoms with E-state index in [0.717, 1.165) is 5.56 Å². The van der Waals surface area contributed by atoms with Crippen molar-refractivity contribution in [2.75, 3.05) is 20.8 Å². The lowest BCUT2D eigenvalue weighted by Crippen LogP contribution is -2.18. The van der Waals surface area contributed by atoms with Gasteiger partial charge in [-0.1, -0.05) is 17.7 Å². The lowest BCUT2D eigenvalue weighted by molar-refractivity contribution is 0.177. The summed E-state index contributed by atoms with van der Waals surface area (Å²) in [5.41, 5.74) is 0.746. The van der Waals surface area contributed by atoms with Crippen LogP contribution in [-0.4, -0.2) is 26.9 Å². The highest BCUT2D eigenvalue weighted by molar-refractivity contribution is 6.33. The largest absolute Gasteiger partial charge is 0.493 e. The molecular weight excluding hydrogens is 246 g/mol. The van der Waals surface area contributed by atoms with Gasteiger partial charge in [0.05, 0.1) is 25.3 Å². The number of halogens is 1. The summed E-state index contributed by atoms with van der Waals surface area (Å²) in [5, 5.41) is 3.08. The van der Waals surface area contributed by atoms with Gasteiger partial charge in [0.25, 0.3) is 0 Å². The van der Waals surface area contributed by atoms with Crippen LogP contribution in [0.15, 0.2) is 12.1 Å². The Morgan fingerprint density at radius 1 is 1.41 bits per heavy atom. The average molecular weight is 258 g/mol. The Hall–Kier alpha value is -1.62. The highest BCUT2D eigenvalue weighted by Gasteiger charge is 2.27. The summed E-state index contributed by atoms with van der Waals surface area (Å²) in [5.74, 6) is 0.999. The van der Waals surface area contributed by atoms with Gasteiger partial charge in [0.1, 0.15) is 6.61 Å². The molecule has 1 fully saturated rings. The van der Waals surface area contributed by atoms with Crippen LogP contribution in [0.25, 0.3) is 0 Å². The smallest absolute Gasteiger partial charge is 0.407 e. The molecule has 92 valence electrons. The minimum absolute atomic E-state index is 0.255. The van der Waals surface area contributed by atoms with Gasteiger partial charge in [0.2, 0.25) is 0 Å². The van der Waals surface area contributed by atoms with E-state index in [1.165, 1.54) is 14.2 Å². The first-order chi connectivity index (χ1) is 8.17. The Balaban J connectivity index is 2.38.